The fourth-order valence-corrected chi connectivity index (χ4v) is 3.15. The quantitative estimate of drug-likeness (QED) is 0.764. The zero-order valence-electron chi connectivity index (χ0n) is 12.1. The number of carbonyl (C=O) groups is 3. The Balaban J connectivity index is 1.46. The average molecular weight is 365 g/mol. The van der Waals surface area contributed by atoms with Gasteiger partial charge in [0, 0.05) is 36.8 Å². The molecule has 2 aliphatic rings. The van der Waals surface area contributed by atoms with E-state index in [1.165, 1.54) is 4.90 Å². The van der Waals surface area contributed by atoms with Gasteiger partial charge in [-0.15, -0.1) is 0 Å². The second kappa shape index (κ2) is 6.20. The Hall–Kier alpha value is -1.69. The number of hydrogen-bond donors (Lipinski definition) is 0. The van der Waals surface area contributed by atoms with Crippen LogP contribution >= 0.6 is 15.9 Å². The van der Waals surface area contributed by atoms with Gasteiger partial charge in [-0.05, 0) is 24.1 Å². The number of imide groups is 1. The van der Waals surface area contributed by atoms with Gasteiger partial charge in [0.05, 0.1) is 6.04 Å². The summed E-state index contributed by atoms with van der Waals surface area (Å²) in [6.45, 7) is 0.966. The molecule has 5 nitrogen and oxygen atoms in total. The summed E-state index contributed by atoms with van der Waals surface area (Å²) < 4.78 is 1.02. The van der Waals surface area contributed by atoms with Crippen LogP contribution in [-0.4, -0.2) is 46.7 Å². The fraction of sp³-hybridized carbons (Fsp3) is 0.438. The lowest BCUT2D eigenvalue weighted by atomic mass is 10.0. The third-order valence-electron chi connectivity index (χ3n) is 4.21. The van der Waals surface area contributed by atoms with Crippen molar-refractivity contribution in [2.75, 3.05) is 13.1 Å². The molecule has 116 valence electrons. The van der Waals surface area contributed by atoms with E-state index in [1.54, 1.807) is 4.90 Å². The molecule has 0 aliphatic carbocycles. The van der Waals surface area contributed by atoms with Gasteiger partial charge in [0.25, 0.3) is 0 Å². The Morgan fingerprint density at radius 3 is 2.27 bits per heavy atom. The molecule has 0 radical (unpaired) electrons. The van der Waals surface area contributed by atoms with Crippen LogP contribution in [0.25, 0.3) is 0 Å². The molecule has 0 bridgehead atoms. The molecular weight excluding hydrogens is 348 g/mol. The summed E-state index contributed by atoms with van der Waals surface area (Å²) in [7, 11) is 0. The Morgan fingerprint density at radius 2 is 1.68 bits per heavy atom. The predicted molar refractivity (Wildman–Crippen MR) is 83.9 cm³/mol. The summed E-state index contributed by atoms with van der Waals surface area (Å²) in [5, 5.41) is 0. The molecule has 0 unspecified atom stereocenters. The van der Waals surface area contributed by atoms with Gasteiger partial charge in [-0.2, -0.15) is 0 Å². The molecular formula is C16H17BrN2O3. The van der Waals surface area contributed by atoms with Crippen molar-refractivity contribution in [3.63, 3.8) is 0 Å². The number of likely N-dealkylation sites (tertiary alicyclic amines) is 2. The number of rotatable bonds is 4. The minimum absolute atomic E-state index is 0.0817. The van der Waals surface area contributed by atoms with Crippen molar-refractivity contribution in [3.8, 4) is 0 Å². The number of nitrogens with zero attached hydrogens (tertiary/aromatic N) is 2. The van der Waals surface area contributed by atoms with Crippen molar-refractivity contribution in [2.24, 2.45) is 0 Å². The van der Waals surface area contributed by atoms with Crippen LogP contribution in [0.1, 0.15) is 24.8 Å². The van der Waals surface area contributed by atoms with Crippen LogP contribution in [0.3, 0.4) is 0 Å². The van der Waals surface area contributed by atoms with E-state index in [9.17, 15) is 14.4 Å². The van der Waals surface area contributed by atoms with E-state index in [4.69, 9.17) is 0 Å². The molecule has 0 atom stereocenters. The summed E-state index contributed by atoms with van der Waals surface area (Å²) in [5.41, 5.74) is 1.12. The van der Waals surface area contributed by atoms with Crippen LogP contribution in [-0.2, 0) is 20.8 Å². The molecule has 0 saturated carbocycles. The first kappa shape index (κ1) is 15.2. The number of amides is 3. The number of benzene rings is 1. The lowest BCUT2D eigenvalue weighted by Crippen LogP contribution is -2.62. The number of hydrogen-bond acceptors (Lipinski definition) is 3. The van der Waals surface area contributed by atoms with Crippen LogP contribution in [0.15, 0.2) is 28.7 Å². The average Bonchev–Trinajstić information content (AvgIpc) is 2.77. The Bertz CT molecular complexity index is 592. The van der Waals surface area contributed by atoms with Crippen molar-refractivity contribution in [2.45, 2.75) is 31.7 Å². The van der Waals surface area contributed by atoms with E-state index in [0.717, 1.165) is 10.0 Å². The third-order valence-corrected chi connectivity index (χ3v) is 4.74. The molecule has 2 heterocycles. The zero-order chi connectivity index (χ0) is 15.7. The van der Waals surface area contributed by atoms with Gasteiger partial charge in [-0.1, -0.05) is 28.1 Å². The summed E-state index contributed by atoms with van der Waals surface area (Å²) in [4.78, 5) is 38.5. The van der Waals surface area contributed by atoms with Gasteiger partial charge in [0.1, 0.15) is 0 Å². The number of aryl methyl sites for hydroxylation is 1. The van der Waals surface area contributed by atoms with Crippen LogP contribution in [0.4, 0.5) is 0 Å². The first-order valence-corrected chi connectivity index (χ1v) is 8.21. The van der Waals surface area contributed by atoms with Gasteiger partial charge >= 0.3 is 0 Å². The first-order chi connectivity index (χ1) is 10.5. The molecule has 3 rings (SSSR count). The molecule has 2 aliphatic heterocycles. The second-order valence-corrected chi connectivity index (χ2v) is 6.65. The minimum atomic E-state index is -0.112. The van der Waals surface area contributed by atoms with Crippen LogP contribution in [0, 0.1) is 0 Å². The zero-order valence-corrected chi connectivity index (χ0v) is 13.7. The van der Waals surface area contributed by atoms with Crippen molar-refractivity contribution < 1.29 is 14.4 Å². The van der Waals surface area contributed by atoms with Crippen molar-refractivity contribution in [3.05, 3.63) is 34.3 Å². The van der Waals surface area contributed by atoms with Gasteiger partial charge in [-0.3, -0.25) is 19.3 Å². The SMILES string of the molecule is O=C(CCc1ccc(Br)cc1)N1CC(N2C(=O)CCC2=O)C1. The highest BCUT2D eigenvalue weighted by Gasteiger charge is 2.42. The monoisotopic (exact) mass is 364 g/mol. The van der Waals surface area contributed by atoms with Crippen molar-refractivity contribution in [1.82, 2.24) is 9.80 Å². The highest BCUT2D eigenvalue weighted by molar-refractivity contribution is 9.10. The van der Waals surface area contributed by atoms with Crippen molar-refractivity contribution >= 4 is 33.7 Å². The number of halogens is 1. The Morgan fingerprint density at radius 1 is 1.09 bits per heavy atom. The summed E-state index contributed by atoms with van der Waals surface area (Å²) in [5.74, 6) is -0.118. The molecule has 2 fully saturated rings. The summed E-state index contributed by atoms with van der Waals surface area (Å²) in [6, 6.07) is 7.81. The molecule has 0 aromatic heterocycles. The lowest BCUT2D eigenvalue weighted by molar-refractivity contribution is -0.151. The molecule has 0 N–H and O–H groups in total. The third kappa shape index (κ3) is 3.06. The molecule has 1 aromatic rings. The highest BCUT2D eigenvalue weighted by atomic mass is 79.9. The number of carbonyl (C=O) groups excluding carboxylic acids is 3. The van der Waals surface area contributed by atoms with E-state index in [1.807, 2.05) is 24.3 Å². The van der Waals surface area contributed by atoms with E-state index in [0.29, 0.717) is 38.8 Å². The molecule has 6 heteroatoms. The summed E-state index contributed by atoms with van der Waals surface area (Å²) in [6.07, 6.45) is 1.78. The Kier molecular flexibility index (Phi) is 4.29. The van der Waals surface area contributed by atoms with E-state index < -0.39 is 0 Å². The smallest absolute Gasteiger partial charge is 0.230 e. The Labute approximate surface area is 137 Å². The van der Waals surface area contributed by atoms with Crippen LogP contribution < -0.4 is 0 Å². The molecule has 3 amide bonds. The van der Waals surface area contributed by atoms with Gasteiger partial charge in [0.2, 0.25) is 17.7 Å². The predicted octanol–water partition coefficient (Wildman–Crippen LogP) is 1.74. The van der Waals surface area contributed by atoms with Gasteiger partial charge in [-0.25, -0.2) is 0 Å². The maximum Gasteiger partial charge on any atom is 0.230 e. The van der Waals surface area contributed by atoms with Gasteiger partial charge in [0.15, 0.2) is 0 Å². The topological polar surface area (TPSA) is 57.7 Å². The molecule has 2 saturated heterocycles. The maximum atomic E-state index is 12.1. The minimum Gasteiger partial charge on any atom is -0.338 e. The lowest BCUT2D eigenvalue weighted by Gasteiger charge is -2.43. The summed E-state index contributed by atoms with van der Waals surface area (Å²) >= 11 is 3.38. The largest absolute Gasteiger partial charge is 0.338 e. The van der Waals surface area contributed by atoms with E-state index >= 15 is 0 Å². The molecule has 1 aromatic carbocycles. The molecule has 22 heavy (non-hydrogen) atoms. The first-order valence-electron chi connectivity index (χ1n) is 7.41. The van der Waals surface area contributed by atoms with Crippen LogP contribution in [0.2, 0.25) is 0 Å². The fourth-order valence-electron chi connectivity index (χ4n) is 2.88. The van der Waals surface area contributed by atoms with E-state index in [-0.39, 0.29) is 23.8 Å². The van der Waals surface area contributed by atoms with Crippen LogP contribution in [0.5, 0.6) is 0 Å². The maximum absolute atomic E-state index is 12.1. The standard InChI is InChI=1S/C16H17BrN2O3/c17-12-4-1-11(2-5-12)3-6-14(20)18-9-13(10-18)19-15(21)7-8-16(19)22/h1-2,4-5,13H,3,6-10H2. The van der Waals surface area contributed by atoms with Gasteiger partial charge < -0.3 is 4.90 Å². The molecule has 0 spiro atoms. The normalized spacial score (nSPS) is 18.8. The van der Waals surface area contributed by atoms with E-state index in [2.05, 4.69) is 15.9 Å². The highest BCUT2D eigenvalue weighted by Crippen LogP contribution is 2.23. The van der Waals surface area contributed by atoms with Crippen molar-refractivity contribution in [1.29, 1.82) is 0 Å². The second-order valence-electron chi connectivity index (χ2n) is 5.74.